The standard InChI is InChI=1S/C22H23Cl2N3O5S/c1-27(19-7-4-6-18(15(19)12-25)26-13-22(28)29)33(30,31)14-9-10-21(17(24)11-14)32-20-8-3-2-5-16(20)23/h2-3,5,8-12,15,19,25H,4,6-7,13H2,1H3,(H,28,29). The third-order valence-electron chi connectivity index (χ3n) is 5.43. The van der Waals surface area contributed by atoms with Gasteiger partial charge in [-0.05, 0) is 49.6 Å². The number of carbonyl (C=O) groups is 1. The molecule has 3 rings (SSSR count). The fourth-order valence-electron chi connectivity index (χ4n) is 3.74. The molecule has 0 spiro atoms. The number of sulfonamides is 1. The summed E-state index contributed by atoms with van der Waals surface area (Å²) in [6.45, 7) is -0.411. The van der Waals surface area contributed by atoms with E-state index < -0.39 is 34.5 Å². The highest BCUT2D eigenvalue weighted by Crippen LogP contribution is 2.36. The molecule has 1 saturated carbocycles. The number of aliphatic carboxylic acids is 1. The average molecular weight is 512 g/mol. The van der Waals surface area contributed by atoms with Gasteiger partial charge in [-0.1, -0.05) is 35.3 Å². The summed E-state index contributed by atoms with van der Waals surface area (Å²) in [5.41, 5.74) is 0.521. The second-order valence-electron chi connectivity index (χ2n) is 7.50. The van der Waals surface area contributed by atoms with Crippen LogP contribution in [0.5, 0.6) is 11.5 Å². The molecule has 0 aromatic heterocycles. The molecule has 0 radical (unpaired) electrons. The van der Waals surface area contributed by atoms with Gasteiger partial charge in [0.05, 0.1) is 14.9 Å². The second kappa shape index (κ2) is 10.6. The van der Waals surface area contributed by atoms with E-state index in [-0.39, 0.29) is 15.7 Å². The molecular formula is C22H23Cl2N3O5S. The van der Waals surface area contributed by atoms with Crippen LogP contribution in [0.1, 0.15) is 19.3 Å². The summed E-state index contributed by atoms with van der Waals surface area (Å²) in [5, 5.41) is 17.2. The normalized spacial score (nSPS) is 20.1. The maximum Gasteiger partial charge on any atom is 0.325 e. The van der Waals surface area contributed by atoms with E-state index in [1.54, 1.807) is 24.3 Å². The highest BCUT2D eigenvalue weighted by atomic mass is 35.5. The number of nitrogens with zero attached hydrogens (tertiary/aromatic N) is 2. The van der Waals surface area contributed by atoms with E-state index in [0.717, 1.165) is 6.21 Å². The summed E-state index contributed by atoms with van der Waals surface area (Å²) in [6, 6.07) is 10.4. The van der Waals surface area contributed by atoms with Crippen molar-refractivity contribution in [2.24, 2.45) is 10.9 Å². The minimum atomic E-state index is -3.96. The van der Waals surface area contributed by atoms with Crippen molar-refractivity contribution in [2.75, 3.05) is 13.6 Å². The quantitative estimate of drug-likeness (QED) is 0.495. The fraction of sp³-hybridized carbons (Fsp3) is 0.318. The lowest BCUT2D eigenvalue weighted by Gasteiger charge is -2.36. The molecular weight excluding hydrogens is 489 g/mol. The van der Waals surface area contributed by atoms with E-state index in [1.165, 1.54) is 29.6 Å². The molecule has 1 aliphatic rings. The number of aliphatic imine (C=N–C) groups is 1. The van der Waals surface area contributed by atoms with E-state index in [2.05, 4.69) is 4.99 Å². The first-order valence-corrected chi connectivity index (χ1v) is 12.3. The minimum absolute atomic E-state index is 0.0279. The van der Waals surface area contributed by atoms with Gasteiger partial charge in [0.25, 0.3) is 0 Å². The number of hydrogen-bond donors (Lipinski definition) is 2. The summed E-state index contributed by atoms with van der Waals surface area (Å²) < 4.78 is 33.6. The Bertz CT molecular complexity index is 1190. The number of para-hydroxylation sites is 1. The van der Waals surface area contributed by atoms with Crippen LogP contribution in [0.25, 0.3) is 0 Å². The first kappa shape index (κ1) is 25.2. The zero-order valence-corrected chi connectivity index (χ0v) is 20.1. The molecule has 2 atom stereocenters. The van der Waals surface area contributed by atoms with Gasteiger partial charge in [-0.3, -0.25) is 9.79 Å². The third-order valence-corrected chi connectivity index (χ3v) is 7.92. The second-order valence-corrected chi connectivity index (χ2v) is 10.3. The third kappa shape index (κ3) is 5.73. The average Bonchev–Trinajstić information content (AvgIpc) is 2.79. The Morgan fingerprint density at radius 2 is 1.94 bits per heavy atom. The van der Waals surface area contributed by atoms with Crippen LogP contribution < -0.4 is 4.74 Å². The van der Waals surface area contributed by atoms with Crippen LogP contribution in [0.3, 0.4) is 0 Å². The fourth-order valence-corrected chi connectivity index (χ4v) is 5.64. The molecule has 11 heteroatoms. The van der Waals surface area contributed by atoms with Crippen molar-refractivity contribution < 1.29 is 23.1 Å². The van der Waals surface area contributed by atoms with E-state index in [4.69, 9.17) is 38.5 Å². The molecule has 2 aromatic carbocycles. The molecule has 0 amide bonds. The Balaban J connectivity index is 1.86. The zero-order valence-electron chi connectivity index (χ0n) is 17.7. The topological polar surface area (TPSA) is 120 Å². The summed E-state index contributed by atoms with van der Waals surface area (Å²) >= 11 is 12.4. The molecule has 0 aliphatic heterocycles. The lowest BCUT2D eigenvalue weighted by atomic mass is 9.83. The van der Waals surface area contributed by atoms with Gasteiger partial charge < -0.3 is 15.3 Å². The molecule has 0 heterocycles. The monoisotopic (exact) mass is 511 g/mol. The number of ether oxygens (including phenoxy) is 1. The van der Waals surface area contributed by atoms with Crippen LogP contribution in [0.4, 0.5) is 0 Å². The van der Waals surface area contributed by atoms with E-state index >= 15 is 0 Å². The molecule has 0 saturated heterocycles. The van der Waals surface area contributed by atoms with Crippen molar-refractivity contribution in [3.63, 3.8) is 0 Å². The van der Waals surface area contributed by atoms with Crippen molar-refractivity contribution in [2.45, 2.75) is 30.2 Å². The Morgan fingerprint density at radius 3 is 2.58 bits per heavy atom. The number of hydrogen-bond acceptors (Lipinski definition) is 6. The van der Waals surface area contributed by atoms with Gasteiger partial charge in [0, 0.05) is 30.9 Å². The van der Waals surface area contributed by atoms with Crippen LogP contribution >= 0.6 is 23.2 Å². The van der Waals surface area contributed by atoms with Crippen LogP contribution in [0.15, 0.2) is 52.4 Å². The lowest BCUT2D eigenvalue weighted by Crippen LogP contribution is -2.47. The van der Waals surface area contributed by atoms with Gasteiger partial charge in [-0.25, -0.2) is 8.42 Å². The van der Waals surface area contributed by atoms with Crippen molar-refractivity contribution >= 4 is 51.1 Å². The molecule has 2 aromatic rings. The van der Waals surface area contributed by atoms with Crippen molar-refractivity contribution in [3.05, 3.63) is 52.5 Å². The maximum atomic E-state index is 13.3. The molecule has 0 bridgehead atoms. The van der Waals surface area contributed by atoms with Crippen LogP contribution in [-0.2, 0) is 14.8 Å². The van der Waals surface area contributed by atoms with E-state index in [9.17, 15) is 13.2 Å². The smallest absolute Gasteiger partial charge is 0.325 e. The first-order chi connectivity index (χ1) is 15.6. The van der Waals surface area contributed by atoms with Crippen LogP contribution in [-0.4, -0.2) is 55.4 Å². The number of benzene rings is 2. The zero-order chi connectivity index (χ0) is 24.2. The van der Waals surface area contributed by atoms with Gasteiger partial charge in [-0.2, -0.15) is 4.31 Å². The largest absolute Gasteiger partial charge is 0.480 e. The Kier molecular flexibility index (Phi) is 8.12. The predicted octanol–water partition coefficient (Wildman–Crippen LogP) is 4.75. The lowest BCUT2D eigenvalue weighted by molar-refractivity contribution is -0.135. The van der Waals surface area contributed by atoms with Crippen LogP contribution in [0.2, 0.25) is 10.0 Å². The number of rotatable bonds is 8. The number of carboxylic acid groups (broad SMARTS) is 1. The van der Waals surface area contributed by atoms with Crippen molar-refractivity contribution in [3.8, 4) is 11.5 Å². The van der Waals surface area contributed by atoms with Crippen molar-refractivity contribution in [1.82, 2.24) is 4.31 Å². The summed E-state index contributed by atoms with van der Waals surface area (Å²) in [4.78, 5) is 15.0. The molecule has 33 heavy (non-hydrogen) atoms. The van der Waals surface area contributed by atoms with E-state index in [0.29, 0.717) is 35.7 Å². The maximum absolute atomic E-state index is 13.3. The summed E-state index contributed by atoms with van der Waals surface area (Å²) in [5.74, 6) is -1.04. The molecule has 1 fully saturated rings. The Hall–Kier alpha value is -2.46. The highest BCUT2D eigenvalue weighted by molar-refractivity contribution is 7.89. The van der Waals surface area contributed by atoms with Crippen molar-refractivity contribution in [1.29, 1.82) is 5.41 Å². The van der Waals surface area contributed by atoms with Gasteiger partial charge in [0.2, 0.25) is 10.0 Å². The SMILES string of the molecule is CN(C1CCCC(=NCC(=O)O)C1C=N)S(=O)(=O)c1ccc(Oc2ccccc2Cl)c(Cl)c1. The number of carboxylic acids is 1. The number of nitrogens with one attached hydrogen (secondary N) is 1. The summed E-state index contributed by atoms with van der Waals surface area (Å²) in [6.07, 6.45) is 2.81. The van der Waals surface area contributed by atoms with Gasteiger partial charge in [-0.15, -0.1) is 0 Å². The summed E-state index contributed by atoms with van der Waals surface area (Å²) in [7, 11) is -2.52. The minimum Gasteiger partial charge on any atom is -0.480 e. The van der Waals surface area contributed by atoms with Gasteiger partial charge >= 0.3 is 5.97 Å². The van der Waals surface area contributed by atoms with Crippen LogP contribution in [0, 0.1) is 11.3 Å². The van der Waals surface area contributed by atoms with E-state index in [1.807, 2.05) is 0 Å². The first-order valence-electron chi connectivity index (χ1n) is 10.1. The van der Waals surface area contributed by atoms with Gasteiger partial charge in [0.15, 0.2) is 0 Å². The molecule has 8 nitrogen and oxygen atoms in total. The number of halogens is 2. The molecule has 2 N–H and O–H groups in total. The Labute approximate surface area is 202 Å². The molecule has 2 unspecified atom stereocenters. The molecule has 1 aliphatic carbocycles. The van der Waals surface area contributed by atoms with Gasteiger partial charge in [0.1, 0.15) is 18.0 Å². The predicted molar refractivity (Wildman–Crippen MR) is 128 cm³/mol. The Morgan fingerprint density at radius 1 is 1.24 bits per heavy atom. The molecule has 176 valence electrons. The highest BCUT2D eigenvalue weighted by Gasteiger charge is 2.37.